The number of hydrogen-bond donors (Lipinski definition) is 2. The fourth-order valence-electron chi connectivity index (χ4n) is 6.59. The molecule has 3 N–H and O–H groups in total. The molecule has 11 nitrogen and oxygen atoms in total. The molecule has 2 fully saturated rings. The highest BCUT2D eigenvalue weighted by atomic mass is 16.2. The van der Waals surface area contributed by atoms with Crippen LogP contribution in [0.15, 0.2) is 61.2 Å². The lowest BCUT2D eigenvalue weighted by molar-refractivity contribution is 0.0220. The largest absolute Gasteiger partial charge is 0.383 e. The Balaban J connectivity index is 1.27. The molecule has 6 heterocycles. The summed E-state index contributed by atoms with van der Waals surface area (Å²) in [6, 6.07) is 14.0. The van der Waals surface area contributed by atoms with Crippen LogP contribution < -0.4 is 5.73 Å². The maximum absolute atomic E-state index is 13.3. The molecule has 2 aliphatic rings. The van der Waals surface area contributed by atoms with E-state index in [1.54, 1.807) is 10.7 Å². The van der Waals surface area contributed by atoms with Gasteiger partial charge in [-0.15, -0.1) is 5.10 Å². The van der Waals surface area contributed by atoms with Gasteiger partial charge in [-0.1, -0.05) is 36.4 Å². The quantitative estimate of drug-likeness (QED) is 0.309. The predicted molar refractivity (Wildman–Crippen MR) is 152 cm³/mol. The lowest BCUT2D eigenvalue weighted by atomic mass is 9.76. The van der Waals surface area contributed by atoms with Crippen LogP contribution in [0.2, 0.25) is 0 Å². The van der Waals surface area contributed by atoms with Crippen molar-refractivity contribution in [3.63, 3.8) is 0 Å². The maximum Gasteiger partial charge on any atom is 0.294 e. The van der Waals surface area contributed by atoms with E-state index >= 15 is 0 Å². The number of amides is 1. The molecule has 7 rings (SSSR count). The summed E-state index contributed by atoms with van der Waals surface area (Å²) in [4.78, 5) is 42.0. The second kappa shape index (κ2) is 9.92. The number of pyridine rings is 1. The van der Waals surface area contributed by atoms with E-state index in [2.05, 4.69) is 25.3 Å². The highest BCUT2D eigenvalue weighted by molar-refractivity contribution is 6.00. The first-order valence-electron chi connectivity index (χ1n) is 13.9. The van der Waals surface area contributed by atoms with Gasteiger partial charge in [0.25, 0.3) is 5.91 Å². The first-order valence-corrected chi connectivity index (χ1v) is 13.9. The molecule has 1 aromatic carbocycles. The summed E-state index contributed by atoms with van der Waals surface area (Å²) in [7, 11) is 0. The predicted octanol–water partition coefficient (Wildman–Crippen LogP) is 4.30. The fourth-order valence-corrected chi connectivity index (χ4v) is 6.59. The number of carbonyl (C=O) groups excluding carboxylic acids is 2. The average molecular weight is 548 g/mol. The highest BCUT2D eigenvalue weighted by Crippen LogP contribution is 2.43. The molecular formula is C30H29N9O2. The number of aromatic amines is 1. The number of nitrogens with zero attached hydrogens (tertiary/aromatic N) is 7. The van der Waals surface area contributed by atoms with Gasteiger partial charge in [0.05, 0.1) is 23.1 Å². The Labute approximate surface area is 235 Å². The Morgan fingerprint density at radius 1 is 0.976 bits per heavy atom. The third kappa shape index (κ3) is 4.24. The number of nitrogens with one attached hydrogen (secondary N) is 1. The van der Waals surface area contributed by atoms with Gasteiger partial charge in [-0.05, 0) is 45.1 Å². The van der Waals surface area contributed by atoms with Crippen molar-refractivity contribution in [2.24, 2.45) is 0 Å². The second-order valence-corrected chi connectivity index (χ2v) is 10.8. The number of carbonyl (C=O) groups is 2. The van der Waals surface area contributed by atoms with Gasteiger partial charge >= 0.3 is 0 Å². The molecule has 0 spiro atoms. The average Bonchev–Trinajstić information content (AvgIpc) is 3.67. The van der Waals surface area contributed by atoms with Crippen molar-refractivity contribution in [2.45, 2.75) is 57.0 Å². The van der Waals surface area contributed by atoms with Crippen LogP contribution in [0, 0.1) is 0 Å². The van der Waals surface area contributed by atoms with Crippen molar-refractivity contribution >= 4 is 23.2 Å². The second-order valence-electron chi connectivity index (χ2n) is 10.8. The summed E-state index contributed by atoms with van der Waals surface area (Å²) < 4.78 is 1.55. The molecule has 41 heavy (non-hydrogen) atoms. The molecule has 206 valence electrons. The number of nitrogen functional groups attached to an aromatic ring is 1. The summed E-state index contributed by atoms with van der Waals surface area (Å²) in [5.74, 6) is 0.126. The molecule has 11 heteroatoms. The minimum atomic E-state index is -0.154. The van der Waals surface area contributed by atoms with Crippen LogP contribution >= 0.6 is 0 Å². The number of rotatable bonds is 5. The summed E-state index contributed by atoms with van der Waals surface area (Å²) in [5, 5.41) is 11.2. The number of H-pyrrole nitrogens is 1. The molecule has 0 radical (unpaired) electrons. The summed E-state index contributed by atoms with van der Waals surface area (Å²) in [6.45, 7) is 1.52. The molecule has 1 amide bonds. The number of benzene rings is 1. The topological polar surface area (TPSA) is 148 Å². The van der Waals surface area contributed by atoms with Crippen LogP contribution in [0.3, 0.4) is 0 Å². The third-order valence-corrected chi connectivity index (χ3v) is 8.41. The van der Waals surface area contributed by atoms with Crippen LogP contribution in [0.25, 0.3) is 28.0 Å². The Hall–Kier alpha value is -4.93. The van der Waals surface area contributed by atoms with Gasteiger partial charge in [-0.3, -0.25) is 19.7 Å². The first-order chi connectivity index (χ1) is 20.0. The van der Waals surface area contributed by atoms with E-state index in [-0.39, 0.29) is 41.3 Å². The molecule has 2 atom stereocenters. The number of nitrogens with two attached hydrogens (primary N) is 1. The summed E-state index contributed by atoms with van der Waals surface area (Å²) in [5.41, 5.74) is 11.8. The Morgan fingerprint density at radius 2 is 1.76 bits per heavy atom. The molecule has 2 saturated heterocycles. The van der Waals surface area contributed by atoms with Crippen molar-refractivity contribution in [1.29, 1.82) is 0 Å². The van der Waals surface area contributed by atoms with E-state index in [0.29, 0.717) is 29.7 Å². The van der Waals surface area contributed by atoms with Gasteiger partial charge in [-0.2, -0.15) is 9.61 Å². The van der Waals surface area contributed by atoms with Crippen molar-refractivity contribution < 1.29 is 9.59 Å². The van der Waals surface area contributed by atoms with Crippen LogP contribution in [0.1, 0.15) is 71.6 Å². The van der Waals surface area contributed by atoms with Crippen molar-refractivity contribution in [3.05, 3.63) is 78.3 Å². The summed E-state index contributed by atoms with van der Waals surface area (Å²) in [6.07, 6.45) is 9.14. The van der Waals surface area contributed by atoms with Gasteiger partial charge in [0, 0.05) is 40.9 Å². The van der Waals surface area contributed by atoms with E-state index in [1.807, 2.05) is 53.6 Å². The van der Waals surface area contributed by atoms with Crippen LogP contribution in [0.4, 0.5) is 5.82 Å². The van der Waals surface area contributed by atoms with Gasteiger partial charge in [-0.25, -0.2) is 9.97 Å². The summed E-state index contributed by atoms with van der Waals surface area (Å²) >= 11 is 0. The minimum absolute atomic E-state index is 0.0108. The number of Topliss-reactive ketones (excluding diaryl/α,β-unsaturated/α-hetero) is 1. The number of anilines is 1. The number of ketones is 1. The number of aromatic nitrogens is 7. The monoisotopic (exact) mass is 547 g/mol. The van der Waals surface area contributed by atoms with Crippen molar-refractivity contribution in [2.75, 3.05) is 5.73 Å². The molecule has 0 saturated carbocycles. The van der Waals surface area contributed by atoms with E-state index in [1.165, 1.54) is 13.3 Å². The van der Waals surface area contributed by atoms with Crippen molar-refractivity contribution in [3.8, 4) is 22.4 Å². The molecule has 2 bridgehead atoms. The van der Waals surface area contributed by atoms with E-state index in [4.69, 9.17) is 10.7 Å². The third-order valence-electron chi connectivity index (χ3n) is 8.41. The lowest BCUT2D eigenvalue weighted by Crippen LogP contribution is -2.54. The standard InChI is InChI=1S/C30H29N9O2/c1-17(40)25-26(20-12-21-8-5-9-22(13-20)38(21)30(41)28-33-16-34-37-28)36-29-23(15-35-39(29)27(25)31)19-10-11-24(32-14-19)18-6-3-2-4-7-18/h2-4,6-7,10-11,14-16,20-22H,5,8-9,12-13,31H2,1H3,(H,33,34,37). The Bertz CT molecular complexity index is 1730. The minimum Gasteiger partial charge on any atom is -0.383 e. The van der Waals surface area contributed by atoms with Crippen LogP contribution in [-0.4, -0.2) is 63.4 Å². The zero-order valence-electron chi connectivity index (χ0n) is 22.6. The van der Waals surface area contributed by atoms with Crippen LogP contribution in [0.5, 0.6) is 0 Å². The molecule has 5 aromatic rings. The highest BCUT2D eigenvalue weighted by Gasteiger charge is 2.44. The van der Waals surface area contributed by atoms with Gasteiger partial charge in [0.15, 0.2) is 11.4 Å². The number of hydrogen-bond acceptors (Lipinski definition) is 8. The van der Waals surface area contributed by atoms with Gasteiger partial charge in [0.1, 0.15) is 12.1 Å². The zero-order valence-corrected chi connectivity index (χ0v) is 22.6. The Morgan fingerprint density at radius 3 is 2.41 bits per heavy atom. The zero-order chi connectivity index (χ0) is 28.1. The van der Waals surface area contributed by atoms with Crippen LogP contribution in [-0.2, 0) is 0 Å². The van der Waals surface area contributed by atoms with E-state index in [9.17, 15) is 9.59 Å². The fraction of sp³-hybridized carbons (Fsp3) is 0.300. The van der Waals surface area contributed by atoms with E-state index < -0.39 is 0 Å². The number of piperidine rings is 2. The SMILES string of the molecule is CC(=O)c1c(C2CC3CCCC(C2)N3C(=O)c2nc[nH]n2)nc2c(-c3ccc(-c4ccccc4)nc3)cnn2c1N. The Kier molecular flexibility index (Phi) is 6.06. The first kappa shape index (κ1) is 25.1. The van der Waals surface area contributed by atoms with E-state index in [0.717, 1.165) is 41.6 Å². The maximum atomic E-state index is 13.3. The molecule has 2 unspecified atom stereocenters. The molecular weight excluding hydrogens is 518 g/mol. The molecule has 2 aliphatic heterocycles. The smallest absolute Gasteiger partial charge is 0.294 e. The molecule has 4 aromatic heterocycles. The van der Waals surface area contributed by atoms with Gasteiger partial charge in [0.2, 0.25) is 5.82 Å². The van der Waals surface area contributed by atoms with Crippen molar-refractivity contribution in [1.82, 2.24) is 39.7 Å². The molecule has 0 aliphatic carbocycles. The lowest BCUT2D eigenvalue weighted by Gasteiger charge is -2.48. The normalized spacial score (nSPS) is 20.3. The number of fused-ring (bicyclic) bond motifs is 3. The van der Waals surface area contributed by atoms with Gasteiger partial charge < -0.3 is 10.6 Å².